The van der Waals surface area contributed by atoms with Gasteiger partial charge in [0.1, 0.15) is 5.75 Å². The van der Waals surface area contributed by atoms with Crippen molar-refractivity contribution in [1.82, 2.24) is 5.32 Å². The van der Waals surface area contributed by atoms with Crippen LogP contribution >= 0.6 is 0 Å². The Kier molecular flexibility index (Phi) is 8.26. The Balaban J connectivity index is 2.28. The average molecular weight is 265 g/mol. The zero-order valence-electron chi connectivity index (χ0n) is 12.2. The van der Waals surface area contributed by atoms with E-state index in [1.54, 1.807) is 0 Å². The average Bonchev–Trinajstić information content (AvgIpc) is 2.45. The Labute approximate surface area is 117 Å². The zero-order valence-corrected chi connectivity index (χ0v) is 12.2. The van der Waals surface area contributed by atoms with Gasteiger partial charge in [-0.3, -0.25) is 0 Å². The quantitative estimate of drug-likeness (QED) is 0.638. The summed E-state index contributed by atoms with van der Waals surface area (Å²) in [4.78, 5) is 0. The van der Waals surface area contributed by atoms with Gasteiger partial charge in [0.25, 0.3) is 0 Å². The summed E-state index contributed by atoms with van der Waals surface area (Å²) in [6, 6.07) is 8.77. The fourth-order valence-corrected chi connectivity index (χ4v) is 2.16. The van der Waals surface area contributed by atoms with Gasteiger partial charge in [-0.15, -0.1) is 0 Å². The fourth-order valence-electron chi connectivity index (χ4n) is 2.16. The van der Waals surface area contributed by atoms with E-state index in [0.717, 1.165) is 44.5 Å². The van der Waals surface area contributed by atoms with Gasteiger partial charge in [0.2, 0.25) is 0 Å². The van der Waals surface area contributed by atoms with Gasteiger partial charge in [-0.2, -0.15) is 0 Å². The second-order valence-corrected chi connectivity index (χ2v) is 4.80. The van der Waals surface area contributed by atoms with Crippen molar-refractivity contribution in [2.75, 3.05) is 20.3 Å². The number of aliphatic hydroxyl groups is 1. The Morgan fingerprint density at radius 1 is 1.11 bits per heavy atom. The lowest BCUT2D eigenvalue weighted by Crippen LogP contribution is -2.14. The zero-order chi connectivity index (χ0) is 13.9. The molecule has 0 fully saturated rings. The van der Waals surface area contributed by atoms with Crippen LogP contribution in [-0.4, -0.2) is 25.4 Å². The highest BCUT2D eigenvalue weighted by atomic mass is 16.5. The van der Waals surface area contributed by atoms with E-state index in [4.69, 9.17) is 9.84 Å². The van der Waals surface area contributed by atoms with Gasteiger partial charge in [-0.25, -0.2) is 0 Å². The predicted molar refractivity (Wildman–Crippen MR) is 79.6 cm³/mol. The lowest BCUT2D eigenvalue weighted by molar-refractivity contribution is 0.273. The monoisotopic (exact) mass is 265 g/mol. The Bertz CT molecular complexity index is 320. The van der Waals surface area contributed by atoms with Gasteiger partial charge in [0.05, 0.1) is 6.61 Å². The molecule has 0 heterocycles. The van der Waals surface area contributed by atoms with Gasteiger partial charge < -0.3 is 15.2 Å². The first-order valence-electron chi connectivity index (χ1n) is 7.32. The first kappa shape index (κ1) is 16.0. The summed E-state index contributed by atoms with van der Waals surface area (Å²) in [6.45, 7) is 3.23. The molecule has 0 aliphatic rings. The van der Waals surface area contributed by atoms with E-state index < -0.39 is 0 Å². The summed E-state index contributed by atoms with van der Waals surface area (Å²) in [5, 5.41) is 12.0. The summed E-state index contributed by atoms with van der Waals surface area (Å²) in [6.07, 6.45) is 5.24. The Morgan fingerprint density at radius 2 is 1.79 bits per heavy atom. The molecule has 3 heteroatoms. The van der Waals surface area contributed by atoms with Crippen molar-refractivity contribution in [3.8, 4) is 5.75 Å². The third-order valence-electron chi connectivity index (χ3n) is 3.36. The lowest BCUT2D eigenvalue weighted by atomic mass is 10.0. The molecule has 2 N–H and O–H groups in total. The molecule has 0 bridgehead atoms. The largest absolute Gasteiger partial charge is 0.494 e. The van der Waals surface area contributed by atoms with Crippen molar-refractivity contribution in [2.45, 2.75) is 45.1 Å². The van der Waals surface area contributed by atoms with Gasteiger partial charge in [-0.1, -0.05) is 25.5 Å². The molecule has 0 radical (unpaired) electrons. The normalized spacial score (nSPS) is 12.4. The van der Waals surface area contributed by atoms with E-state index in [0.29, 0.717) is 12.6 Å². The third-order valence-corrected chi connectivity index (χ3v) is 3.36. The van der Waals surface area contributed by atoms with E-state index in [2.05, 4.69) is 24.4 Å². The lowest BCUT2D eigenvalue weighted by Gasteiger charge is -2.14. The molecular formula is C16H27NO2. The highest BCUT2D eigenvalue weighted by molar-refractivity contribution is 5.29. The number of nitrogens with one attached hydrogen (secondary N) is 1. The summed E-state index contributed by atoms with van der Waals surface area (Å²) in [5.74, 6) is 0.942. The van der Waals surface area contributed by atoms with E-state index in [9.17, 15) is 0 Å². The summed E-state index contributed by atoms with van der Waals surface area (Å²) in [7, 11) is 1.99. The standard InChI is InChI=1S/C16H27NO2/c1-3-16(17-2)14-8-10-15(11-9-14)19-13-7-5-4-6-12-18/h8-11,16-18H,3-7,12-13H2,1-2H3. The number of rotatable bonds is 10. The molecule has 0 amide bonds. The Morgan fingerprint density at radius 3 is 2.37 bits per heavy atom. The molecule has 1 unspecified atom stereocenters. The molecule has 0 saturated carbocycles. The molecule has 1 aromatic carbocycles. The van der Waals surface area contributed by atoms with Gasteiger partial charge >= 0.3 is 0 Å². The van der Waals surface area contributed by atoms with Crippen molar-refractivity contribution in [3.63, 3.8) is 0 Å². The highest BCUT2D eigenvalue weighted by Crippen LogP contribution is 2.20. The van der Waals surface area contributed by atoms with E-state index in [1.807, 2.05) is 19.2 Å². The summed E-state index contributed by atoms with van der Waals surface area (Å²) < 4.78 is 5.71. The minimum atomic E-state index is 0.298. The van der Waals surface area contributed by atoms with E-state index >= 15 is 0 Å². The number of ether oxygens (including phenoxy) is 1. The molecule has 0 aliphatic heterocycles. The molecular weight excluding hydrogens is 238 g/mol. The number of hydrogen-bond acceptors (Lipinski definition) is 3. The van der Waals surface area contributed by atoms with Crippen LogP contribution in [0.1, 0.15) is 50.6 Å². The van der Waals surface area contributed by atoms with E-state index in [-0.39, 0.29) is 0 Å². The maximum absolute atomic E-state index is 8.68. The van der Waals surface area contributed by atoms with E-state index in [1.165, 1.54) is 5.56 Å². The number of unbranched alkanes of at least 4 members (excludes halogenated alkanes) is 3. The highest BCUT2D eigenvalue weighted by Gasteiger charge is 2.05. The first-order chi connectivity index (χ1) is 9.31. The topological polar surface area (TPSA) is 41.5 Å². The molecule has 0 spiro atoms. The maximum Gasteiger partial charge on any atom is 0.119 e. The first-order valence-corrected chi connectivity index (χ1v) is 7.32. The minimum Gasteiger partial charge on any atom is -0.494 e. The van der Waals surface area contributed by atoms with Gasteiger partial charge in [0, 0.05) is 12.6 Å². The van der Waals surface area contributed by atoms with Crippen LogP contribution in [0.15, 0.2) is 24.3 Å². The van der Waals surface area contributed by atoms with Crippen LogP contribution in [0.3, 0.4) is 0 Å². The van der Waals surface area contributed by atoms with Crippen LogP contribution in [-0.2, 0) is 0 Å². The smallest absolute Gasteiger partial charge is 0.119 e. The molecule has 0 aliphatic carbocycles. The van der Waals surface area contributed by atoms with Crippen LogP contribution in [0.4, 0.5) is 0 Å². The third kappa shape index (κ3) is 6.08. The van der Waals surface area contributed by atoms with Crippen LogP contribution in [0.25, 0.3) is 0 Å². The van der Waals surface area contributed by atoms with Crippen molar-refractivity contribution >= 4 is 0 Å². The SMILES string of the molecule is CCC(NC)c1ccc(OCCCCCCO)cc1. The van der Waals surface area contributed by atoms with Crippen molar-refractivity contribution in [1.29, 1.82) is 0 Å². The molecule has 1 atom stereocenters. The van der Waals surface area contributed by atoms with Gasteiger partial charge in [0.15, 0.2) is 0 Å². The van der Waals surface area contributed by atoms with Crippen LogP contribution in [0.5, 0.6) is 5.75 Å². The number of aliphatic hydroxyl groups excluding tert-OH is 1. The summed E-state index contributed by atoms with van der Waals surface area (Å²) >= 11 is 0. The van der Waals surface area contributed by atoms with Crippen LogP contribution in [0, 0.1) is 0 Å². The molecule has 19 heavy (non-hydrogen) atoms. The maximum atomic E-state index is 8.68. The van der Waals surface area contributed by atoms with Crippen molar-refractivity contribution < 1.29 is 9.84 Å². The van der Waals surface area contributed by atoms with Gasteiger partial charge in [-0.05, 0) is 50.4 Å². The number of hydrogen-bond donors (Lipinski definition) is 2. The molecule has 0 saturated heterocycles. The molecule has 1 aromatic rings. The Hall–Kier alpha value is -1.06. The molecule has 0 aromatic heterocycles. The van der Waals surface area contributed by atoms with Crippen LogP contribution in [0.2, 0.25) is 0 Å². The van der Waals surface area contributed by atoms with Crippen LogP contribution < -0.4 is 10.1 Å². The molecule has 1 rings (SSSR count). The number of benzene rings is 1. The fraction of sp³-hybridized carbons (Fsp3) is 0.625. The van der Waals surface area contributed by atoms with Crippen molar-refractivity contribution in [2.24, 2.45) is 0 Å². The summed E-state index contributed by atoms with van der Waals surface area (Å²) in [5.41, 5.74) is 1.31. The second kappa shape index (κ2) is 9.82. The minimum absolute atomic E-state index is 0.298. The van der Waals surface area contributed by atoms with Crippen molar-refractivity contribution in [3.05, 3.63) is 29.8 Å². The molecule has 3 nitrogen and oxygen atoms in total. The predicted octanol–water partition coefficient (Wildman–Crippen LogP) is 3.29. The molecule has 108 valence electrons. The second-order valence-electron chi connectivity index (χ2n) is 4.80.